The van der Waals surface area contributed by atoms with Gasteiger partial charge in [-0.2, -0.15) is 0 Å². The van der Waals surface area contributed by atoms with Crippen molar-refractivity contribution in [2.45, 2.75) is 20.3 Å². The summed E-state index contributed by atoms with van der Waals surface area (Å²) in [6.45, 7) is 3.46. The third-order valence-electron chi connectivity index (χ3n) is 4.89. The van der Waals surface area contributed by atoms with E-state index in [2.05, 4.69) is 0 Å². The quantitative estimate of drug-likeness (QED) is 0.609. The summed E-state index contributed by atoms with van der Waals surface area (Å²) in [7, 11) is 0. The number of imide groups is 1. The Balaban J connectivity index is 1.81. The minimum Gasteiger partial charge on any atom is -0.294 e. The van der Waals surface area contributed by atoms with E-state index in [4.69, 9.17) is 0 Å². The van der Waals surface area contributed by atoms with E-state index in [0.29, 0.717) is 5.69 Å². The Morgan fingerprint density at radius 2 is 1.58 bits per heavy atom. The molecule has 1 saturated heterocycles. The van der Waals surface area contributed by atoms with Gasteiger partial charge in [0.1, 0.15) is 0 Å². The van der Waals surface area contributed by atoms with Crippen LogP contribution in [0.3, 0.4) is 0 Å². The van der Waals surface area contributed by atoms with Crippen LogP contribution in [0.2, 0.25) is 0 Å². The van der Waals surface area contributed by atoms with Crippen LogP contribution in [0.1, 0.15) is 25.8 Å². The van der Waals surface area contributed by atoms with Crippen molar-refractivity contribution in [3.8, 4) is 0 Å². The molecular formula is C22H21NO3. The number of rotatable bonds is 5. The van der Waals surface area contributed by atoms with Crippen molar-refractivity contribution in [1.29, 1.82) is 0 Å². The lowest BCUT2D eigenvalue weighted by Gasteiger charge is -2.27. The van der Waals surface area contributed by atoms with E-state index in [1.165, 1.54) is 11.0 Å². The Hall–Kier alpha value is -3.01. The maximum absolute atomic E-state index is 12.9. The Bertz CT molecular complexity index is 853. The Labute approximate surface area is 153 Å². The smallest absolute Gasteiger partial charge is 0.238 e. The summed E-state index contributed by atoms with van der Waals surface area (Å²) in [4.78, 5) is 39.2. The highest BCUT2D eigenvalue weighted by molar-refractivity contribution is 6.22. The first-order valence-electron chi connectivity index (χ1n) is 8.60. The highest BCUT2D eigenvalue weighted by Gasteiger charge is 2.49. The van der Waals surface area contributed by atoms with Gasteiger partial charge in [-0.05, 0) is 23.8 Å². The van der Waals surface area contributed by atoms with Crippen LogP contribution in [0.25, 0.3) is 6.08 Å². The van der Waals surface area contributed by atoms with Gasteiger partial charge in [0, 0.05) is 11.8 Å². The van der Waals surface area contributed by atoms with Crippen LogP contribution in [0.15, 0.2) is 66.7 Å². The molecule has 26 heavy (non-hydrogen) atoms. The van der Waals surface area contributed by atoms with Gasteiger partial charge < -0.3 is 0 Å². The third-order valence-corrected chi connectivity index (χ3v) is 4.89. The predicted octanol–water partition coefficient (Wildman–Crippen LogP) is 3.87. The summed E-state index contributed by atoms with van der Waals surface area (Å²) in [6, 6.07) is 18.3. The summed E-state index contributed by atoms with van der Waals surface area (Å²) >= 11 is 0. The SMILES string of the molecule is CC(C)(C(=O)/C=C/c1ccccc1)[C@H]1CC(=O)N(c2ccccc2)C1=O. The Morgan fingerprint density at radius 3 is 2.19 bits per heavy atom. The maximum Gasteiger partial charge on any atom is 0.238 e. The van der Waals surface area contributed by atoms with Gasteiger partial charge >= 0.3 is 0 Å². The average molecular weight is 347 g/mol. The van der Waals surface area contributed by atoms with Crippen LogP contribution in [-0.2, 0) is 14.4 Å². The normalized spacial score (nSPS) is 17.9. The van der Waals surface area contributed by atoms with Crippen LogP contribution < -0.4 is 4.90 Å². The number of para-hydroxylation sites is 1. The van der Waals surface area contributed by atoms with E-state index in [1.807, 2.05) is 36.4 Å². The zero-order chi connectivity index (χ0) is 18.7. The highest BCUT2D eigenvalue weighted by Crippen LogP contribution is 2.39. The van der Waals surface area contributed by atoms with Crippen molar-refractivity contribution in [1.82, 2.24) is 0 Å². The zero-order valence-corrected chi connectivity index (χ0v) is 14.9. The molecule has 2 amide bonds. The van der Waals surface area contributed by atoms with Crippen molar-refractivity contribution in [2.75, 3.05) is 4.90 Å². The maximum atomic E-state index is 12.9. The van der Waals surface area contributed by atoms with Crippen LogP contribution in [0, 0.1) is 11.3 Å². The molecule has 0 radical (unpaired) electrons. The van der Waals surface area contributed by atoms with Crippen molar-refractivity contribution in [2.24, 2.45) is 11.3 Å². The molecule has 1 atom stereocenters. The first-order chi connectivity index (χ1) is 12.4. The highest BCUT2D eigenvalue weighted by atomic mass is 16.2. The Morgan fingerprint density at radius 1 is 1.00 bits per heavy atom. The lowest BCUT2D eigenvalue weighted by Crippen LogP contribution is -2.38. The molecule has 0 aliphatic carbocycles. The van der Waals surface area contributed by atoms with Crippen molar-refractivity contribution in [3.05, 3.63) is 72.3 Å². The second-order valence-electron chi connectivity index (χ2n) is 6.99. The minimum absolute atomic E-state index is 0.0473. The molecule has 1 heterocycles. The summed E-state index contributed by atoms with van der Waals surface area (Å²) in [5.41, 5.74) is 0.506. The first-order valence-corrected chi connectivity index (χ1v) is 8.60. The number of carbonyl (C=O) groups is 3. The molecule has 0 N–H and O–H groups in total. The van der Waals surface area contributed by atoms with E-state index in [-0.39, 0.29) is 24.0 Å². The number of allylic oxidation sites excluding steroid dienone is 1. The minimum atomic E-state index is -0.957. The topological polar surface area (TPSA) is 54.5 Å². The molecule has 4 heteroatoms. The summed E-state index contributed by atoms with van der Waals surface area (Å²) < 4.78 is 0. The Kier molecular flexibility index (Phi) is 4.85. The average Bonchev–Trinajstić information content (AvgIpc) is 2.96. The standard InChI is InChI=1S/C22H21NO3/c1-22(2,19(24)14-13-16-9-5-3-6-10-16)18-15-20(25)23(21(18)26)17-11-7-4-8-12-17/h3-14,18H,15H2,1-2H3/b14-13+/t18-/m0/s1. The number of hydrogen-bond acceptors (Lipinski definition) is 3. The molecule has 3 rings (SSSR count). The molecule has 0 bridgehead atoms. The van der Waals surface area contributed by atoms with Crippen LogP contribution in [0.4, 0.5) is 5.69 Å². The molecule has 1 aliphatic heterocycles. The largest absolute Gasteiger partial charge is 0.294 e. The summed E-state index contributed by atoms with van der Waals surface area (Å²) in [5.74, 6) is -1.41. The van der Waals surface area contributed by atoms with Crippen molar-refractivity contribution < 1.29 is 14.4 Å². The number of hydrogen-bond donors (Lipinski definition) is 0. The van der Waals surface area contributed by atoms with Gasteiger partial charge in [0.25, 0.3) is 0 Å². The number of amides is 2. The van der Waals surface area contributed by atoms with Crippen LogP contribution in [-0.4, -0.2) is 17.6 Å². The molecule has 1 fully saturated rings. The van der Waals surface area contributed by atoms with Crippen molar-refractivity contribution >= 4 is 29.4 Å². The number of anilines is 1. The molecule has 2 aromatic carbocycles. The molecule has 2 aromatic rings. The lowest BCUT2D eigenvalue weighted by molar-refractivity contribution is -0.132. The van der Waals surface area contributed by atoms with Crippen LogP contribution in [0.5, 0.6) is 0 Å². The van der Waals surface area contributed by atoms with E-state index < -0.39 is 11.3 Å². The second kappa shape index (κ2) is 7.08. The fourth-order valence-electron chi connectivity index (χ4n) is 3.17. The number of nitrogens with zero attached hydrogens (tertiary/aromatic N) is 1. The summed E-state index contributed by atoms with van der Waals surface area (Å²) in [5, 5.41) is 0. The van der Waals surface area contributed by atoms with E-state index >= 15 is 0 Å². The fourth-order valence-corrected chi connectivity index (χ4v) is 3.17. The molecular weight excluding hydrogens is 326 g/mol. The van der Waals surface area contributed by atoms with E-state index in [1.54, 1.807) is 44.2 Å². The molecule has 0 spiro atoms. The lowest BCUT2D eigenvalue weighted by atomic mass is 9.74. The molecule has 132 valence electrons. The van der Waals surface area contributed by atoms with Gasteiger partial charge in [-0.3, -0.25) is 19.3 Å². The third kappa shape index (κ3) is 3.36. The van der Waals surface area contributed by atoms with Gasteiger partial charge in [0.15, 0.2) is 5.78 Å². The summed E-state index contributed by atoms with van der Waals surface area (Å²) in [6.07, 6.45) is 3.28. The van der Waals surface area contributed by atoms with Crippen molar-refractivity contribution in [3.63, 3.8) is 0 Å². The van der Waals surface area contributed by atoms with Gasteiger partial charge in [-0.1, -0.05) is 68.5 Å². The van der Waals surface area contributed by atoms with Crippen LogP contribution >= 0.6 is 0 Å². The number of carbonyl (C=O) groups excluding carboxylic acids is 3. The molecule has 0 aromatic heterocycles. The van der Waals surface area contributed by atoms with Gasteiger partial charge in [-0.15, -0.1) is 0 Å². The van der Waals surface area contributed by atoms with Gasteiger partial charge in [-0.25, -0.2) is 0 Å². The molecule has 4 nitrogen and oxygen atoms in total. The first kappa shape index (κ1) is 17.8. The van der Waals surface area contributed by atoms with E-state index in [9.17, 15) is 14.4 Å². The second-order valence-corrected chi connectivity index (χ2v) is 6.99. The fraction of sp³-hybridized carbons (Fsp3) is 0.227. The number of ketones is 1. The zero-order valence-electron chi connectivity index (χ0n) is 14.9. The van der Waals surface area contributed by atoms with Gasteiger partial charge in [0.2, 0.25) is 11.8 Å². The molecule has 0 saturated carbocycles. The predicted molar refractivity (Wildman–Crippen MR) is 101 cm³/mol. The van der Waals surface area contributed by atoms with E-state index in [0.717, 1.165) is 5.56 Å². The molecule has 0 unspecified atom stereocenters. The number of benzene rings is 2. The van der Waals surface area contributed by atoms with Gasteiger partial charge in [0.05, 0.1) is 11.6 Å². The molecule has 1 aliphatic rings. The monoisotopic (exact) mass is 347 g/mol.